The van der Waals surface area contributed by atoms with Crippen LogP contribution < -0.4 is 5.32 Å². The van der Waals surface area contributed by atoms with E-state index in [4.69, 9.17) is 10.1 Å². The van der Waals surface area contributed by atoms with Gasteiger partial charge in [-0.2, -0.15) is 5.10 Å². The second-order valence-corrected chi connectivity index (χ2v) is 7.35. The second kappa shape index (κ2) is 7.51. The Morgan fingerprint density at radius 1 is 1.00 bits per heavy atom. The molecule has 0 fully saturated rings. The van der Waals surface area contributed by atoms with Gasteiger partial charge in [-0.25, -0.2) is 9.67 Å². The number of benzene rings is 2. The molecular weight excluding hydrogens is 360 g/mol. The number of carbonyl (C=O) groups excluding carboxylic acids is 1. The van der Waals surface area contributed by atoms with Gasteiger partial charge in [-0.1, -0.05) is 36.8 Å². The second-order valence-electron chi connectivity index (χ2n) is 7.35. The average molecular weight is 384 g/mol. The number of rotatable bonds is 4. The summed E-state index contributed by atoms with van der Waals surface area (Å²) in [5.74, 6) is -0.159. The molecule has 4 aromatic rings. The lowest BCUT2D eigenvalue weighted by molar-refractivity contribution is 0.102. The Labute approximate surface area is 170 Å². The van der Waals surface area contributed by atoms with Crippen molar-refractivity contribution in [1.29, 1.82) is 0 Å². The quantitative estimate of drug-likeness (QED) is 0.529. The van der Waals surface area contributed by atoms with Crippen LogP contribution in [0.25, 0.3) is 16.7 Å². The highest BCUT2D eigenvalue weighted by Crippen LogP contribution is 2.26. The number of nitrogens with one attached hydrogen (secondary N) is 1. The van der Waals surface area contributed by atoms with E-state index in [9.17, 15) is 4.79 Å². The van der Waals surface area contributed by atoms with Crippen LogP contribution in [0.1, 0.15) is 39.8 Å². The summed E-state index contributed by atoms with van der Waals surface area (Å²) in [6.45, 7) is 7.96. The van der Waals surface area contributed by atoms with Gasteiger partial charge in [0.25, 0.3) is 5.91 Å². The highest BCUT2D eigenvalue weighted by atomic mass is 16.1. The molecule has 0 spiro atoms. The Hall–Kier alpha value is -3.47. The molecule has 146 valence electrons. The third kappa shape index (κ3) is 3.63. The van der Waals surface area contributed by atoms with Gasteiger partial charge in [-0.3, -0.25) is 4.79 Å². The van der Waals surface area contributed by atoms with E-state index < -0.39 is 0 Å². The van der Waals surface area contributed by atoms with E-state index in [1.807, 2.05) is 67.9 Å². The molecule has 0 saturated heterocycles. The van der Waals surface area contributed by atoms with Crippen molar-refractivity contribution in [1.82, 2.24) is 14.8 Å². The number of aryl methyl sites for hydroxylation is 4. The van der Waals surface area contributed by atoms with Crippen LogP contribution in [0, 0.1) is 20.8 Å². The van der Waals surface area contributed by atoms with E-state index in [1.54, 1.807) is 0 Å². The van der Waals surface area contributed by atoms with Gasteiger partial charge in [0.15, 0.2) is 5.65 Å². The Balaban J connectivity index is 1.80. The number of amides is 1. The number of pyridine rings is 1. The first kappa shape index (κ1) is 18.9. The standard InChI is InChI=1S/C24H24N4O/c1-5-18-8-12-20(13-9-18)28-23-22(17(4)27-28)21(14-16(3)25-23)24(29)26-19-10-6-15(2)7-11-19/h6-14H,5H2,1-4H3,(H,26,29). The molecule has 0 saturated carbocycles. The molecule has 2 aromatic heterocycles. The average Bonchev–Trinajstić information content (AvgIpc) is 3.05. The number of nitrogens with zero attached hydrogens (tertiary/aromatic N) is 3. The third-order valence-corrected chi connectivity index (χ3v) is 5.08. The largest absolute Gasteiger partial charge is 0.322 e. The number of aromatic nitrogens is 3. The Bertz CT molecular complexity index is 1190. The van der Waals surface area contributed by atoms with E-state index in [2.05, 4.69) is 24.4 Å². The molecule has 4 rings (SSSR count). The summed E-state index contributed by atoms with van der Waals surface area (Å²) in [6, 6.07) is 17.9. The lowest BCUT2D eigenvalue weighted by atomic mass is 10.1. The zero-order chi connectivity index (χ0) is 20.5. The molecule has 0 aliphatic heterocycles. The molecule has 2 heterocycles. The molecule has 1 amide bonds. The number of hydrogen-bond donors (Lipinski definition) is 1. The van der Waals surface area contributed by atoms with Crippen LogP contribution in [0.5, 0.6) is 0 Å². The minimum Gasteiger partial charge on any atom is -0.322 e. The van der Waals surface area contributed by atoms with Gasteiger partial charge >= 0.3 is 0 Å². The molecule has 5 nitrogen and oxygen atoms in total. The molecule has 2 aromatic carbocycles. The highest BCUT2D eigenvalue weighted by Gasteiger charge is 2.19. The van der Waals surface area contributed by atoms with Crippen molar-refractivity contribution >= 4 is 22.6 Å². The van der Waals surface area contributed by atoms with Crippen molar-refractivity contribution in [2.45, 2.75) is 34.1 Å². The van der Waals surface area contributed by atoms with Crippen molar-refractivity contribution in [2.24, 2.45) is 0 Å². The van der Waals surface area contributed by atoms with E-state index in [-0.39, 0.29) is 5.91 Å². The van der Waals surface area contributed by atoms with Crippen molar-refractivity contribution in [3.05, 3.63) is 82.7 Å². The Morgan fingerprint density at radius 3 is 2.34 bits per heavy atom. The number of hydrogen-bond acceptors (Lipinski definition) is 3. The lowest BCUT2D eigenvalue weighted by Gasteiger charge is -2.09. The van der Waals surface area contributed by atoms with Crippen LogP contribution in [0.4, 0.5) is 5.69 Å². The predicted octanol–water partition coefficient (Wildman–Crippen LogP) is 5.16. The number of fused-ring (bicyclic) bond motifs is 1. The van der Waals surface area contributed by atoms with Crippen LogP contribution in [0.3, 0.4) is 0 Å². The maximum absolute atomic E-state index is 13.1. The zero-order valence-electron chi connectivity index (χ0n) is 17.2. The predicted molar refractivity (Wildman–Crippen MR) is 117 cm³/mol. The first-order valence-corrected chi connectivity index (χ1v) is 9.80. The summed E-state index contributed by atoms with van der Waals surface area (Å²) in [7, 11) is 0. The normalized spacial score (nSPS) is 11.0. The third-order valence-electron chi connectivity index (χ3n) is 5.08. The molecule has 0 aliphatic rings. The summed E-state index contributed by atoms with van der Waals surface area (Å²) in [6.07, 6.45) is 0.986. The first-order chi connectivity index (χ1) is 14.0. The van der Waals surface area contributed by atoms with Crippen molar-refractivity contribution in [3.8, 4) is 5.69 Å². The minimum atomic E-state index is -0.159. The molecule has 0 atom stereocenters. The summed E-state index contributed by atoms with van der Waals surface area (Å²) in [4.78, 5) is 17.8. The summed E-state index contributed by atoms with van der Waals surface area (Å²) >= 11 is 0. The Morgan fingerprint density at radius 2 is 1.69 bits per heavy atom. The number of anilines is 1. The van der Waals surface area contributed by atoms with Crippen LogP contribution in [-0.4, -0.2) is 20.7 Å². The molecule has 0 aliphatic carbocycles. The molecule has 5 heteroatoms. The van der Waals surface area contributed by atoms with E-state index >= 15 is 0 Å². The molecule has 0 bridgehead atoms. The van der Waals surface area contributed by atoms with E-state index in [0.29, 0.717) is 11.2 Å². The van der Waals surface area contributed by atoms with Gasteiger partial charge in [0.2, 0.25) is 0 Å². The highest BCUT2D eigenvalue weighted by molar-refractivity contribution is 6.12. The maximum atomic E-state index is 13.1. The van der Waals surface area contributed by atoms with Crippen molar-refractivity contribution in [2.75, 3.05) is 5.32 Å². The topological polar surface area (TPSA) is 59.8 Å². The number of carbonyl (C=O) groups is 1. The fourth-order valence-electron chi connectivity index (χ4n) is 3.48. The van der Waals surface area contributed by atoms with Gasteiger partial charge in [0.1, 0.15) is 0 Å². The SMILES string of the molecule is CCc1ccc(-n2nc(C)c3c(C(=O)Nc4ccc(C)cc4)cc(C)nc32)cc1. The maximum Gasteiger partial charge on any atom is 0.256 e. The van der Waals surface area contributed by atoms with Gasteiger partial charge in [0.05, 0.1) is 22.3 Å². The van der Waals surface area contributed by atoms with E-state index in [0.717, 1.165) is 40.1 Å². The minimum absolute atomic E-state index is 0.159. The smallest absolute Gasteiger partial charge is 0.256 e. The molecular formula is C24H24N4O. The van der Waals surface area contributed by atoms with Gasteiger partial charge in [-0.15, -0.1) is 0 Å². The monoisotopic (exact) mass is 384 g/mol. The summed E-state index contributed by atoms with van der Waals surface area (Å²) in [5, 5.41) is 8.46. The van der Waals surface area contributed by atoms with Gasteiger partial charge < -0.3 is 5.32 Å². The van der Waals surface area contributed by atoms with Crippen LogP contribution >= 0.6 is 0 Å². The summed E-state index contributed by atoms with van der Waals surface area (Å²) < 4.78 is 1.82. The van der Waals surface area contributed by atoms with Crippen LogP contribution in [0.2, 0.25) is 0 Å². The zero-order valence-corrected chi connectivity index (χ0v) is 17.2. The van der Waals surface area contributed by atoms with Crippen LogP contribution in [-0.2, 0) is 6.42 Å². The fourth-order valence-corrected chi connectivity index (χ4v) is 3.48. The van der Waals surface area contributed by atoms with Crippen LogP contribution in [0.15, 0.2) is 54.6 Å². The van der Waals surface area contributed by atoms with Gasteiger partial charge in [0, 0.05) is 11.4 Å². The van der Waals surface area contributed by atoms with Gasteiger partial charge in [-0.05, 0) is 63.1 Å². The summed E-state index contributed by atoms with van der Waals surface area (Å²) in [5.41, 5.74) is 6.95. The Kier molecular flexibility index (Phi) is 4.89. The molecule has 29 heavy (non-hydrogen) atoms. The molecule has 1 N–H and O–H groups in total. The lowest BCUT2D eigenvalue weighted by Crippen LogP contribution is -2.13. The molecule has 0 radical (unpaired) electrons. The van der Waals surface area contributed by atoms with E-state index in [1.165, 1.54) is 5.56 Å². The molecule has 0 unspecified atom stereocenters. The first-order valence-electron chi connectivity index (χ1n) is 9.80. The fraction of sp³-hybridized carbons (Fsp3) is 0.208. The van der Waals surface area contributed by atoms with Crippen molar-refractivity contribution in [3.63, 3.8) is 0 Å². The van der Waals surface area contributed by atoms with Crippen molar-refractivity contribution < 1.29 is 4.79 Å².